The van der Waals surface area contributed by atoms with Gasteiger partial charge < -0.3 is 0 Å². The van der Waals surface area contributed by atoms with Crippen molar-refractivity contribution >= 4 is 10.0 Å². The second kappa shape index (κ2) is 8.36. The van der Waals surface area contributed by atoms with Gasteiger partial charge in [-0.3, -0.25) is 0 Å². The summed E-state index contributed by atoms with van der Waals surface area (Å²) in [4.78, 5) is 0. The van der Waals surface area contributed by atoms with E-state index in [4.69, 9.17) is 5.14 Å². The Morgan fingerprint density at radius 2 is 1.70 bits per heavy atom. The average Bonchev–Trinajstić information content (AvgIpc) is 3.03. The maximum Gasteiger partial charge on any atom is 0.209 e. The number of primary sulfonamides is 1. The Hall–Kier alpha value is -0.0900. The highest BCUT2D eigenvalue weighted by Crippen LogP contribution is 2.69. The zero-order valence-corrected chi connectivity index (χ0v) is 20.9. The molecule has 0 aliphatic heterocycles. The van der Waals surface area contributed by atoms with Crippen molar-refractivity contribution in [3.05, 3.63) is 0 Å². The molecule has 0 aromatic carbocycles. The summed E-state index contributed by atoms with van der Waals surface area (Å²) in [5, 5.41) is 5.24. The van der Waals surface area contributed by atoms with Gasteiger partial charge in [0.05, 0.1) is 5.75 Å². The summed E-state index contributed by atoms with van der Waals surface area (Å²) < 4.78 is 22.7. The van der Waals surface area contributed by atoms with E-state index in [2.05, 4.69) is 27.7 Å². The summed E-state index contributed by atoms with van der Waals surface area (Å²) in [5.41, 5.74) is 1.07. The van der Waals surface area contributed by atoms with E-state index in [1.54, 1.807) is 0 Å². The van der Waals surface area contributed by atoms with E-state index >= 15 is 0 Å². The lowest BCUT2D eigenvalue weighted by atomic mass is 9.42. The van der Waals surface area contributed by atoms with Gasteiger partial charge in [-0.2, -0.15) is 0 Å². The van der Waals surface area contributed by atoms with Crippen LogP contribution >= 0.6 is 0 Å². The van der Waals surface area contributed by atoms with Crippen molar-refractivity contribution < 1.29 is 8.42 Å². The molecule has 4 aliphatic rings. The lowest BCUT2D eigenvalue weighted by molar-refractivity contribution is -0.138. The summed E-state index contributed by atoms with van der Waals surface area (Å²) in [5.74, 6) is 6.25. The van der Waals surface area contributed by atoms with Gasteiger partial charge in [-0.05, 0) is 110 Å². The molecule has 174 valence electrons. The zero-order chi connectivity index (χ0) is 21.7. The fourth-order valence-electron chi connectivity index (χ4n) is 9.80. The van der Waals surface area contributed by atoms with Gasteiger partial charge in [0.15, 0.2) is 0 Å². The fourth-order valence-corrected chi connectivity index (χ4v) is 10.4. The van der Waals surface area contributed by atoms with Gasteiger partial charge in [-0.1, -0.05) is 47.0 Å². The topological polar surface area (TPSA) is 60.2 Å². The Morgan fingerprint density at radius 3 is 2.40 bits per heavy atom. The normalized spacial score (nSPS) is 47.2. The molecule has 0 radical (unpaired) electrons. The molecule has 2 N–H and O–H groups in total. The lowest BCUT2D eigenvalue weighted by Crippen LogP contribution is -2.55. The Morgan fingerprint density at radius 1 is 0.967 bits per heavy atom. The molecular formula is C26H47NO2S. The number of hydrogen-bond donors (Lipinski definition) is 1. The molecule has 0 amide bonds. The minimum absolute atomic E-state index is 0.146. The van der Waals surface area contributed by atoms with Crippen molar-refractivity contribution in [2.24, 2.45) is 57.4 Å². The predicted molar refractivity (Wildman–Crippen MR) is 125 cm³/mol. The Labute approximate surface area is 186 Å². The molecule has 4 rings (SSSR count). The molecule has 0 aromatic heterocycles. The van der Waals surface area contributed by atoms with Crippen LogP contribution < -0.4 is 5.14 Å². The number of nitrogens with two attached hydrogens (primary N) is 1. The molecule has 4 aliphatic carbocycles. The lowest BCUT2D eigenvalue weighted by Gasteiger charge is -2.63. The third-order valence-electron chi connectivity index (χ3n) is 11.1. The van der Waals surface area contributed by atoms with Crippen LogP contribution in [-0.2, 0) is 10.0 Å². The summed E-state index contributed by atoms with van der Waals surface area (Å²) >= 11 is 0. The van der Waals surface area contributed by atoms with E-state index in [1.807, 2.05) is 0 Å². The molecule has 0 spiro atoms. The highest BCUT2D eigenvalue weighted by molar-refractivity contribution is 7.89. The first-order valence-corrected chi connectivity index (χ1v) is 14.8. The van der Waals surface area contributed by atoms with Crippen molar-refractivity contribution in [1.29, 1.82) is 0 Å². The van der Waals surface area contributed by atoms with Gasteiger partial charge in [0.1, 0.15) is 0 Å². The van der Waals surface area contributed by atoms with E-state index in [0.29, 0.717) is 16.7 Å². The molecule has 3 nitrogen and oxygen atoms in total. The highest BCUT2D eigenvalue weighted by Gasteiger charge is 2.61. The largest absolute Gasteiger partial charge is 0.229 e. The Kier molecular flexibility index (Phi) is 6.43. The average molecular weight is 438 g/mol. The SMILES string of the molecule is CC[C@H]1CC2C3CC[C@H]([C@H](C)CCCS(N)(=O)=O)[C@@]3(C)CCC2[C@@]2(C)CCCC[C@@H]12. The predicted octanol–water partition coefficient (Wildman–Crippen LogP) is 6.38. The maximum atomic E-state index is 11.4. The molecule has 30 heavy (non-hydrogen) atoms. The molecule has 4 fully saturated rings. The van der Waals surface area contributed by atoms with Crippen molar-refractivity contribution in [2.45, 2.75) is 105 Å². The van der Waals surface area contributed by atoms with Gasteiger partial charge in [0.2, 0.25) is 10.0 Å². The van der Waals surface area contributed by atoms with Crippen LogP contribution in [0.2, 0.25) is 0 Å². The molecule has 0 bridgehead atoms. The van der Waals surface area contributed by atoms with E-state index < -0.39 is 10.0 Å². The molecule has 9 atom stereocenters. The van der Waals surface area contributed by atoms with Gasteiger partial charge in [0, 0.05) is 0 Å². The zero-order valence-electron chi connectivity index (χ0n) is 20.0. The molecule has 4 saturated carbocycles. The van der Waals surface area contributed by atoms with Gasteiger partial charge >= 0.3 is 0 Å². The van der Waals surface area contributed by atoms with Gasteiger partial charge in [0.25, 0.3) is 0 Å². The second-order valence-corrected chi connectivity index (χ2v) is 14.1. The van der Waals surface area contributed by atoms with Crippen LogP contribution in [0.25, 0.3) is 0 Å². The van der Waals surface area contributed by atoms with Crippen LogP contribution in [-0.4, -0.2) is 14.2 Å². The minimum Gasteiger partial charge on any atom is -0.229 e. The fraction of sp³-hybridized carbons (Fsp3) is 1.00. The van der Waals surface area contributed by atoms with E-state index in [1.165, 1.54) is 64.2 Å². The van der Waals surface area contributed by atoms with Crippen LogP contribution in [0.3, 0.4) is 0 Å². The molecule has 0 aromatic rings. The van der Waals surface area contributed by atoms with Crippen LogP contribution in [0.5, 0.6) is 0 Å². The van der Waals surface area contributed by atoms with Crippen LogP contribution in [0.1, 0.15) is 105 Å². The van der Waals surface area contributed by atoms with Gasteiger partial charge in [-0.25, -0.2) is 13.6 Å². The van der Waals surface area contributed by atoms with E-state index in [-0.39, 0.29) is 5.75 Å². The van der Waals surface area contributed by atoms with Crippen molar-refractivity contribution in [1.82, 2.24) is 0 Å². The molecular weight excluding hydrogens is 390 g/mol. The number of hydrogen-bond acceptors (Lipinski definition) is 2. The molecule has 3 unspecified atom stereocenters. The first-order valence-electron chi connectivity index (χ1n) is 13.1. The third-order valence-corrected chi connectivity index (χ3v) is 12.0. The summed E-state index contributed by atoms with van der Waals surface area (Å²) in [6.45, 7) is 10.2. The van der Waals surface area contributed by atoms with Crippen LogP contribution in [0, 0.1) is 52.3 Å². The number of sulfonamides is 1. The Balaban J connectivity index is 1.51. The first kappa shape index (κ1) is 23.1. The van der Waals surface area contributed by atoms with E-state index in [0.717, 1.165) is 48.3 Å². The number of fused-ring (bicyclic) bond motifs is 5. The van der Waals surface area contributed by atoms with E-state index in [9.17, 15) is 8.42 Å². The van der Waals surface area contributed by atoms with Crippen molar-refractivity contribution in [3.63, 3.8) is 0 Å². The first-order chi connectivity index (χ1) is 14.1. The number of rotatable bonds is 6. The summed E-state index contributed by atoms with van der Waals surface area (Å²) in [7, 11) is -3.32. The highest BCUT2D eigenvalue weighted by atomic mass is 32.2. The molecule has 0 heterocycles. The van der Waals surface area contributed by atoms with Crippen molar-refractivity contribution in [3.8, 4) is 0 Å². The maximum absolute atomic E-state index is 11.4. The molecule has 0 saturated heterocycles. The Bertz CT molecular complexity index is 721. The quantitative estimate of drug-likeness (QED) is 0.524. The van der Waals surface area contributed by atoms with Crippen LogP contribution in [0.15, 0.2) is 0 Å². The molecule has 4 heteroatoms. The second-order valence-electron chi connectivity index (χ2n) is 12.4. The minimum atomic E-state index is -3.32. The third kappa shape index (κ3) is 3.91. The van der Waals surface area contributed by atoms with Crippen molar-refractivity contribution in [2.75, 3.05) is 5.75 Å². The summed E-state index contributed by atoms with van der Waals surface area (Å²) in [6.07, 6.45) is 16.1. The van der Waals surface area contributed by atoms with Gasteiger partial charge in [-0.15, -0.1) is 0 Å². The smallest absolute Gasteiger partial charge is 0.209 e. The standard InChI is InChI=1S/C26H47NO2S/c1-5-19-17-20-23-12-11-21(18(2)9-8-16-30(27,28)29)26(23,4)15-13-24(20)25(3)14-7-6-10-22(19)25/h18-24H,5-17H2,1-4H3,(H2,27,28,29)/t18-,19+,20?,21-,22+,23?,24?,25+,26-/m1/s1. The van der Waals surface area contributed by atoms with Crippen LogP contribution in [0.4, 0.5) is 0 Å². The monoisotopic (exact) mass is 437 g/mol. The summed E-state index contributed by atoms with van der Waals surface area (Å²) in [6, 6.07) is 0.